The molecule has 3 rings (SSSR count). The molecule has 0 saturated heterocycles. The predicted octanol–water partition coefficient (Wildman–Crippen LogP) is 9.82. The van der Waals surface area contributed by atoms with Crippen LogP contribution >= 0.6 is 0 Å². The van der Waals surface area contributed by atoms with E-state index in [4.69, 9.17) is 23.8 Å². The van der Waals surface area contributed by atoms with E-state index in [9.17, 15) is 0 Å². The van der Waals surface area contributed by atoms with Crippen LogP contribution in [0.1, 0.15) is 59.3 Å². The van der Waals surface area contributed by atoms with Crippen LogP contribution in [0.2, 0.25) is 39.3 Å². The summed E-state index contributed by atoms with van der Waals surface area (Å²) < 4.78 is 12.4. The number of aromatic nitrogens is 1. The van der Waals surface area contributed by atoms with Gasteiger partial charge in [-0.05, 0) is 127 Å². The van der Waals surface area contributed by atoms with Crippen molar-refractivity contribution in [2.75, 3.05) is 13.2 Å². The van der Waals surface area contributed by atoms with E-state index < -0.39 is 16.6 Å². The van der Waals surface area contributed by atoms with Gasteiger partial charge in [-0.25, -0.2) is 4.98 Å². The Morgan fingerprint density at radius 3 is 1.24 bits per heavy atom. The Labute approximate surface area is 256 Å². The van der Waals surface area contributed by atoms with Crippen molar-refractivity contribution in [2.24, 2.45) is 9.98 Å². The first-order valence-electron chi connectivity index (χ1n) is 15.3. The van der Waals surface area contributed by atoms with Gasteiger partial charge in [0.15, 0.2) is 16.6 Å². The molecule has 0 aliphatic carbocycles. The maximum Gasteiger partial charge on any atom is 0.183 e. The van der Waals surface area contributed by atoms with Crippen molar-refractivity contribution in [1.82, 2.24) is 4.98 Å². The molecule has 226 valence electrons. The van der Waals surface area contributed by atoms with Crippen molar-refractivity contribution in [3.05, 3.63) is 88.2 Å². The summed E-state index contributed by atoms with van der Waals surface area (Å²) in [5.74, 6) is 0. The monoisotopic (exact) mass is 601 g/mol. The molecule has 0 bridgehead atoms. The first kappa shape index (κ1) is 33.8. The lowest BCUT2D eigenvalue weighted by Gasteiger charge is -2.18. The normalized spacial score (nSPS) is 13.1. The van der Waals surface area contributed by atoms with Crippen molar-refractivity contribution in [3.63, 3.8) is 0 Å². The molecule has 42 heavy (non-hydrogen) atoms. The second kappa shape index (κ2) is 15.1. The van der Waals surface area contributed by atoms with Crippen LogP contribution in [0.15, 0.2) is 64.6 Å². The van der Waals surface area contributed by atoms with Crippen LogP contribution in [0.25, 0.3) is 0 Å². The molecule has 0 saturated carbocycles. The van der Waals surface area contributed by atoms with Gasteiger partial charge in [-0.3, -0.25) is 9.98 Å². The summed E-state index contributed by atoms with van der Waals surface area (Å²) >= 11 is 0. The Balaban J connectivity index is 2.03. The summed E-state index contributed by atoms with van der Waals surface area (Å²) in [6.45, 7) is 23.4. The number of para-hydroxylation sites is 2. The number of hydrogen-bond donors (Lipinski definition) is 0. The van der Waals surface area contributed by atoms with Crippen LogP contribution in [-0.2, 0) is 8.85 Å². The third kappa shape index (κ3) is 10.8. The molecule has 0 aliphatic rings. The van der Waals surface area contributed by atoms with Gasteiger partial charge in [-0.1, -0.05) is 42.5 Å². The van der Waals surface area contributed by atoms with Crippen LogP contribution in [0.5, 0.6) is 0 Å². The van der Waals surface area contributed by atoms with Crippen LogP contribution in [0.4, 0.5) is 11.4 Å². The van der Waals surface area contributed by atoms with Gasteiger partial charge in [0, 0.05) is 13.2 Å². The zero-order chi connectivity index (χ0) is 30.9. The summed E-state index contributed by atoms with van der Waals surface area (Å²) in [5.41, 5.74) is 10.5. The first-order chi connectivity index (χ1) is 19.7. The second-order valence-electron chi connectivity index (χ2n) is 13.1. The highest BCUT2D eigenvalue weighted by Gasteiger charge is 2.17. The molecule has 1 aromatic heterocycles. The minimum Gasteiger partial charge on any atom is -0.418 e. The standard InChI is InChI=1S/C35H51N3O2Si2/c1-26-16-11-17-27(2)34(26)37-32(22-14-24-39-41(5,6)7)30-20-13-21-31(36-30)33(23-15-25-40-42(8,9)10)38-35-28(3)18-12-19-29(35)4/h11-13,16-21H,14-15,22-25H2,1-10H3. The van der Waals surface area contributed by atoms with Gasteiger partial charge < -0.3 is 8.85 Å². The Hall–Kier alpha value is -2.72. The van der Waals surface area contributed by atoms with Gasteiger partial charge in [0.2, 0.25) is 0 Å². The molecule has 2 aromatic carbocycles. The van der Waals surface area contributed by atoms with E-state index in [1.165, 1.54) is 22.3 Å². The smallest absolute Gasteiger partial charge is 0.183 e. The summed E-state index contributed by atoms with van der Waals surface area (Å²) in [6, 6.07) is 18.9. The molecule has 0 unspecified atom stereocenters. The third-order valence-electron chi connectivity index (χ3n) is 6.90. The molecule has 1 heterocycles. The van der Waals surface area contributed by atoms with Crippen LogP contribution < -0.4 is 0 Å². The Morgan fingerprint density at radius 1 is 0.571 bits per heavy atom. The van der Waals surface area contributed by atoms with E-state index in [1.54, 1.807) is 0 Å². The zero-order valence-corrected chi connectivity index (χ0v) is 29.6. The average Bonchev–Trinajstić information content (AvgIpc) is 2.90. The number of benzene rings is 2. The molecule has 0 radical (unpaired) electrons. The van der Waals surface area contributed by atoms with Crippen molar-refractivity contribution < 1.29 is 8.85 Å². The maximum atomic E-state index is 6.18. The Bertz CT molecular complexity index is 1260. The highest BCUT2D eigenvalue weighted by Crippen LogP contribution is 2.27. The van der Waals surface area contributed by atoms with Gasteiger partial charge in [0.05, 0.1) is 34.2 Å². The van der Waals surface area contributed by atoms with Gasteiger partial charge in [-0.2, -0.15) is 0 Å². The number of hydrogen-bond acceptors (Lipinski definition) is 5. The minimum atomic E-state index is -1.58. The average molecular weight is 602 g/mol. The number of rotatable bonds is 14. The molecule has 0 aliphatic heterocycles. The highest BCUT2D eigenvalue weighted by molar-refractivity contribution is 6.70. The van der Waals surface area contributed by atoms with Gasteiger partial charge in [0.1, 0.15) is 0 Å². The maximum absolute atomic E-state index is 6.18. The summed E-state index contributed by atoms with van der Waals surface area (Å²) in [7, 11) is -3.16. The van der Waals surface area contributed by atoms with Gasteiger partial charge in [-0.15, -0.1) is 0 Å². The number of pyridine rings is 1. The third-order valence-corrected chi connectivity index (χ3v) is 9.04. The summed E-state index contributed by atoms with van der Waals surface area (Å²) in [5, 5.41) is 0. The SMILES string of the molecule is Cc1cccc(C)c1N=C(CCCO[Si](C)(C)C)c1cccc(C(CCCO[Si](C)(C)C)=Nc2c(C)cccc2C)n1. The number of nitrogens with zero attached hydrogens (tertiary/aromatic N) is 3. The van der Waals surface area contributed by atoms with E-state index in [1.807, 2.05) is 0 Å². The first-order valence-corrected chi connectivity index (χ1v) is 22.1. The molecule has 5 nitrogen and oxygen atoms in total. The molecule has 0 amide bonds. The van der Waals surface area contributed by atoms with E-state index in [0.717, 1.165) is 73.1 Å². The molecule has 0 atom stereocenters. The van der Waals surface area contributed by atoms with Crippen molar-refractivity contribution in [1.29, 1.82) is 0 Å². The van der Waals surface area contributed by atoms with Gasteiger partial charge >= 0.3 is 0 Å². The van der Waals surface area contributed by atoms with Crippen LogP contribution in [-0.4, -0.2) is 46.3 Å². The van der Waals surface area contributed by atoms with Crippen LogP contribution in [0, 0.1) is 27.7 Å². The quantitative estimate of drug-likeness (QED) is 0.105. The zero-order valence-electron chi connectivity index (χ0n) is 27.6. The minimum absolute atomic E-state index is 0.734. The van der Waals surface area contributed by atoms with Crippen molar-refractivity contribution >= 4 is 39.4 Å². The number of aliphatic imine (C=N–C) groups is 2. The second-order valence-corrected chi connectivity index (χ2v) is 22.2. The Kier molecular flexibility index (Phi) is 12.2. The molecule has 0 N–H and O–H groups in total. The fourth-order valence-corrected chi connectivity index (χ4v) is 6.22. The van der Waals surface area contributed by atoms with Gasteiger partial charge in [0.25, 0.3) is 0 Å². The molecule has 0 fully saturated rings. The van der Waals surface area contributed by atoms with E-state index >= 15 is 0 Å². The summed E-state index contributed by atoms with van der Waals surface area (Å²) in [6.07, 6.45) is 3.39. The molecular formula is C35H51N3O2Si2. The van der Waals surface area contributed by atoms with Crippen molar-refractivity contribution in [3.8, 4) is 0 Å². The highest BCUT2D eigenvalue weighted by atomic mass is 28.4. The topological polar surface area (TPSA) is 56.1 Å². The fraction of sp³-hybridized carbons (Fsp3) is 0.457. The fourth-order valence-electron chi connectivity index (χ4n) is 4.71. The molecule has 7 heteroatoms. The predicted molar refractivity (Wildman–Crippen MR) is 186 cm³/mol. The molecule has 3 aromatic rings. The number of aryl methyl sites for hydroxylation is 4. The largest absolute Gasteiger partial charge is 0.418 e. The van der Waals surface area contributed by atoms with Crippen molar-refractivity contribution in [2.45, 2.75) is 92.7 Å². The Morgan fingerprint density at radius 2 is 0.905 bits per heavy atom. The lowest BCUT2D eigenvalue weighted by atomic mass is 10.1. The van der Waals surface area contributed by atoms with Crippen LogP contribution in [0.3, 0.4) is 0 Å². The lowest BCUT2D eigenvalue weighted by Crippen LogP contribution is -2.26. The molecular weight excluding hydrogens is 551 g/mol. The van der Waals surface area contributed by atoms with E-state index in [2.05, 4.69) is 122 Å². The van der Waals surface area contributed by atoms with E-state index in [-0.39, 0.29) is 0 Å². The molecule has 0 spiro atoms. The van der Waals surface area contributed by atoms with E-state index in [0.29, 0.717) is 0 Å². The summed E-state index contributed by atoms with van der Waals surface area (Å²) in [4.78, 5) is 15.7. The lowest BCUT2D eigenvalue weighted by molar-refractivity contribution is 0.307.